The summed E-state index contributed by atoms with van der Waals surface area (Å²) < 4.78 is 23.5. The van der Waals surface area contributed by atoms with Crippen molar-refractivity contribution in [1.29, 1.82) is 0 Å². The molecule has 0 radical (unpaired) electrons. The largest absolute Gasteiger partial charge is 0.444 e. The number of alkyl halides is 1. The first-order chi connectivity index (χ1) is 13.6. The Morgan fingerprint density at radius 3 is 2.76 bits per heavy atom. The summed E-state index contributed by atoms with van der Waals surface area (Å²) in [4.78, 5) is 39.2. The van der Waals surface area contributed by atoms with Crippen LogP contribution in [0.15, 0.2) is 18.2 Å². The third kappa shape index (κ3) is 4.60. The molecule has 1 aromatic rings. The SMILES string of the molecule is CC(CF)N1C(=O)Cc2cc(N3C[C@H](CNC(=O)OC(C)(C)C)OC3=O)ccc21. The number of alkyl carbamates (subject to hydrolysis) is 1. The number of hydrogen-bond donors (Lipinski definition) is 1. The lowest BCUT2D eigenvalue weighted by atomic mass is 10.1. The smallest absolute Gasteiger partial charge is 0.414 e. The number of nitrogens with one attached hydrogen (secondary N) is 1. The second kappa shape index (κ2) is 7.88. The van der Waals surface area contributed by atoms with Crippen LogP contribution >= 0.6 is 0 Å². The van der Waals surface area contributed by atoms with E-state index in [-0.39, 0.29) is 25.4 Å². The standard InChI is InChI=1S/C20H26FN3O5/c1-12(9-21)24-16-6-5-14(7-13(16)8-17(24)25)23-11-15(28-19(23)27)10-22-18(26)29-20(2,3)4/h5-7,12,15H,8-11H2,1-4H3,(H,22,26)/t12?,15-/m0/s1. The van der Waals surface area contributed by atoms with Gasteiger partial charge in [0.05, 0.1) is 25.6 Å². The van der Waals surface area contributed by atoms with Crippen LogP contribution in [0.1, 0.15) is 33.3 Å². The topological polar surface area (TPSA) is 88.2 Å². The van der Waals surface area contributed by atoms with Gasteiger partial charge in [-0.3, -0.25) is 9.69 Å². The van der Waals surface area contributed by atoms with Crippen molar-refractivity contribution in [3.63, 3.8) is 0 Å². The monoisotopic (exact) mass is 407 g/mol. The second-order valence-electron chi connectivity index (χ2n) is 8.26. The molecular formula is C20H26FN3O5. The van der Waals surface area contributed by atoms with Gasteiger partial charge in [-0.15, -0.1) is 0 Å². The number of anilines is 2. The molecule has 29 heavy (non-hydrogen) atoms. The molecule has 0 aromatic heterocycles. The third-order valence-electron chi connectivity index (χ3n) is 4.66. The summed E-state index contributed by atoms with van der Waals surface area (Å²) in [5.41, 5.74) is 1.39. The Hall–Kier alpha value is -2.84. The van der Waals surface area contributed by atoms with Crippen LogP contribution in [-0.4, -0.2) is 55.6 Å². The van der Waals surface area contributed by atoms with Gasteiger partial charge < -0.3 is 19.7 Å². The number of rotatable bonds is 5. The quantitative estimate of drug-likeness (QED) is 0.811. The molecule has 1 aromatic carbocycles. The van der Waals surface area contributed by atoms with Crippen LogP contribution in [0, 0.1) is 0 Å². The number of benzene rings is 1. The summed E-state index contributed by atoms with van der Waals surface area (Å²) in [6, 6.07) is 4.65. The van der Waals surface area contributed by atoms with Crippen molar-refractivity contribution >= 4 is 29.5 Å². The fraction of sp³-hybridized carbons (Fsp3) is 0.550. The normalized spacial score (nSPS) is 19.8. The zero-order valence-electron chi connectivity index (χ0n) is 17.0. The number of fused-ring (bicyclic) bond motifs is 1. The number of hydrogen-bond acceptors (Lipinski definition) is 5. The molecule has 8 nitrogen and oxygen atoms in total. The van der Waals surface area contributed by atoms with Gasteiger partial charge in [-0.05, 0) is 51.5 Å². The number of nitrogens with zero attached hydrogens (tertiary/aromatic N) is 2. The average molecular weight is 407 g/mol. The summed E-state index contributed by atoms with van der Waals surface area (Å²) in [5, 5.41) is 2.59. The Morgan fingerprint density at radius 2 is 2.10 bits per heavy atom. The lowest BCUT2D eigenvalue weighted by molar-refractivity contribution is -0.117. The molecule has 0 bridgehead atoms. The van der Waals surface area contributed by atoms with Gasteiger partial charge in [0.1, 0.15) is 18.4 Å². The molecule has 3 rings (SSSR count). The highest BCUT2D eigenvalue weighted by atomic mass is 19.1. The van der Waals surface area contributed by atoms with E-state index >= 15 is 0 Å². The summed E-state index contributed by atoms with van der Waals surface area (Å²) in [5.74, 6) is -0.161. The number of carbonyl (C=O) groups is 3. The Morgan fingerprint density at radius 1 is 1.38 bits per heavy atom. The van der Waals surface area contributed by atoms with Crippen molar-refractivity contribution in [3.05, 3.63) is 23.8 Å². The van der Waals surface area contributed by atoms with Gasteiger partial charge in [0.15, 0.2) is 0 Å². The highest BCUT2D eigenvalue weighted by Crippen LogP contribution is 2.35. The van der Waals surface area contributed by atoms with Gasteiger partial charge in [-0.25, -0.2) is 14.0 Å². The zero-order chi connectivity index (χ0) is 21.3. The van der Waals surface area contributed by atoms with Gasteiger partial charge in [0.25, 0.3) is 0 Å². The average Bonchev–Trinajstić information content (AvgIpc) is 3.16. The predicted molar refractivity (Wildman–Crippen MR) is 105 cm³/mol. The van der Waals surface area contributed by atoms with Gasteiger partial charge in [-0.1, -0.05) is 0 Å². The maximum Gasteiger partial charge on any atom is 0.414 e. The lowest BCUT2D eigenvalue weighted by Crippen LogP contribution is -2.38. The van der Waals surface area contributed by atoms with Gasteiger partial charge in [0, 0.05) is 11.4 Å². The van der Waals surface area contributed by atoms with Gasteiger partial charge >= 0.3 is 12.2 Å². The first-order valence-corrected chi connectivity index (χ1v) is 9.55. The Bertz CT molecular complexity index is 823. The van der Waals surface area contributed by atoms with Crippen LogP contribution in [0.4, 0.5) is 25.4 Å². The number of halogens is 1. The van der Waals surface area contributed by atoms with Crippen molar-refractivity contribution in [2.45, 2.75) is 51.9 Å². The van der Waals surface area contributed by atoms with Crippen LogP contribution in [0.25, 0.3) is 0 Å². The maximum absolute atomic E-state index is 13.0. The molecule has 2 atom stereocenters. The second-order valence-corrected chi connectivity index (χ2v) is 8.26. The van der Waals surface area contributed by atoms with E-state index in [1.165, 1.54) is 9.80 Å². The van der Waals surface area contributed by atoms with Crippen LogP contribution in [0.5, 0.6) is 0 Å². The summed E-state index contributed by atoms with van der Waals surface area (Å²) in [6.07, 6.45) is -1.46. The van der Waals surface area contributed by atoms with Crippen molar-refractivity contribution < 1.29 is 28.2 Å². The molecular weight excluding hydrogens is 381 g/mol. The first-order valence-electron chi connectivity index (χ1n) is 9.55. The molecule has 2 heterocycles. The van der Waals surface area contributed by atoms with Crippen LogP contribution in [-0.2, 0) is 20.7 Å². The van der Waals surface area contributed by atoms with Crippen LogP contribution < -0.4 is 15.1 Å². The van der Waals surface area contributed by atoms with E-state index in [0.29, 0.717) is 11.4 Å². The predicted octanol–water partition coefficient (Wildman–Crippen LogP) is 2.78. The van der Waals surface area contributed by atoms with Crippen LogP contribution in [0.2, 0.25) is 0 Å². The molecule has 0 spiro atoms. The van der Waals surface area contributed by atoms with E-state index in [4.69, 9.17) is 9.47 Å². The highest BCUT2D eigenvalue weighted by Gasteiger charge is 2.35. The number of amides is 3. The molecule has 3 amide bonds. The molecule has 2 aliphatic rings. The minimum atomic E-state index is -0.627. The molecule has 1 fully saturated rings. The van der Waals surface area contributed by atoms with E-state index in [2.05, 4.69) is 5.32 Å². The van der Waals surface area contributed by atoms with Crippen molar-refractivity contribution in [3.8, 4) is 0 Å². The maximum atomic E-state index is 13.0. The summed E-state index contributed by atoms with van der Waals surface area (Å²) in [6.45, 7) is 6.70. The van der Waals surface area contributed by atoms with Crippen molar-refractivity contribution in [2.75, 3.05) is 29.6 Å². The molecule has 2 aliphatic heterocycles. The van der Waals surface area contributed by atoms with Crippen molar-refractivity contribution in [1.82, 2.24) is 5.32 Å². The molecule has 1 saturated heterocycles. The van der Waals surface area contributed by atoms with Gasteiger partial charge in [-0.2, -0.15) is 0 Å². The Labute approximate surface area is 168 Å². The highest BCUT2D eigenvalue weighted by molar-refractivity contribution is 6.03. The van der Waals surface area contributed by atoms with Crippen LogP contribution in [0.3, 0.4) is 0 Å². The number of carbonyl (C=O) groups excluding carboxylic acids is 3. The molecule has 1 N–H and O–H groups in total. The van der Waals surface area contributed by atoms with E-state index in [0.717, 1.165) is 5.56 Å². The molecule has 0 saturated carbocycles. The Kier molecular flexibility index (Phi) is 5.68. The Balaban J connectivity index is 1.65. The third-order valence-corrected chi connectivity index (χ3v) is 4.66. The number of cyclic esters (lactones) is 1. The summed E-state index contributed by atoms with van der Waals surface area (Å²) in [7, 11) is 0. The fourth-order valence-corrected chi connectivity index (χ4v) is 3.40. The number of ether oxygens (including phenoxy) is 2. The fourth-order valence-electron chi connectivity index (χ4n) is 3.40. The lowest BCUT2D eigenvalue weighted by Gasteiger charge is -2.23. The molecule has 1 unspecified atom stereocenters. The first kappa shape index (κ1) is 20.9. The molecule has 9 heteroatoms. The van der Waals surface area contributed by atoms with E-state index in [1.54, 1.807) is 45.9 Å². The summed E-state index contributed by atoms with van der Waals surface area (Å²) >= 11 is 0. The molecule has 158 valence electrons. The molecule has 0 aliphatic carbocycles. The minimum absolute atomic E-state index is 0.127. The zero-order valence-corrected chi connectivity index (χ0v) is 17.0. The van der Waals surface area contributed by atoms with E-state index in [1.807, 2.05) is 0 Å². The van der Waals surface area contributed by atoms with E-state index < -0.39 is 36.6 Å². The van der Waals surface area contributed by atoms with Crippen molar-refractivity contribution in [2.24, 2.45) is 0 Å². The minimum Gasteiger partial charge on any atom is -0.444 e. The van der Waals surface area contributed by atoms with Gasteiger partial charge in [0.2, 0.25) is 5.91 Å². The van der Waals surface area contributed by atoms with E-state index in [9.17, 15) is 18.8 Å².